The van der Waals surface area contributed by atoms with E-state index in [9.17, 15) is 0 Å². The predicted molar refractivity (Wildman–Crippen MR) is 77.3 cm³/mol. The van der Waals surface area contributed by atoms with Gasteiger partial charge in [-0.25, -0.2) is 0 Å². The van der Waals surface area contributed by atoms with Crippen LogP contribution in [0.1, 0.15) is 31.7 Å². The van der Waals surface area contributed by atoms with Gasteiger partial charge < -0.3 is 9.84 Å². The Labute approximate surface area is 116 Å². The molecule has 1 N–H and O–H groups in total. The van der Waals surface area contributed by atoms with Crippen LogP contribution in [-0.2, 0) is 6.54 Å². The highest BCUT2D eigenvalue weighted by molar-refractivity contribution is 5.27. The van der Waals surface area contributed by atoms with Crippen molar-refractivity contribution < 1.29 is 9.84 Å². The van der Waals surface area contributed by atoms with Gasteiger partial charge >= 0.3 is 0 Å². The lowest BCUT2D eigenvalue weighted by atomic mass is 10.1. The molecule has 1 atom stereocenters. The summed E-state index contributed by atoms with van der Waals surface area (Å²) in [7, 11) is 0. The van der Waals surface area contributed by atoms with Gasteiger partial charge in [-0.3, -0.25) is 4.90 Å². The van der Waals surface area contributed by atoms with Crippen LogP contribution in [0.25, 0.3) is 0 Å². The van der Waals surface area contributed by atoms with Crippen molar-refractivity contribution in [2.24, 2.45) is 5.92 Å². The molecule has 0 aliphatic carbocycles. The van der Waals surface area contributed by atoms with Crippen LogP contribution in [0.4, 0.5) is 0 Å². The lowest BCUT2D eigenvalue weighted by Gasteiger charge is -2.15. The van der Waals surface area contributed by atoms with Gasteiger partial charge in [0.2, 0.25) is 0 Å². The Morgan fingerprint density at radius 2 is 2.11 bits per heavy atom. The molecule has 1 aliphatic heterocycles. The Bertz CT molecular complexity index is 364. The SMILES string of the molecule is CCCCOc1ccc(CN2CCC(CO)C2)cc1. The minimum atomic E-state index is 0.320. The van der Waals surface area contributed by atoms with E-state index in [1.807, 2.05) is 0 Å². The standard InChI is InChI=1S/C16H25NO2/c1-2-3-10-19-16-6-4-14(5-7-16)11-17-9-8-15(12-17)13-18/h4-7,15,18H,2-3,8-13H2,1H3. The Balaban J connectivity index is 1.78. The van der Waals surface area contributed by atoms with Crippen molar-refractivity contribution in [1.29, 1.82) is 0 Å². The molecule has 0 spiro atoms. The van der Waals surface area contributed by atoms with E-state index < -0.39 is 0 Å². The summed E-state index contributed by atoms with van der Waals surface area (Å²) in [5, 5.41) is 9.15. The molecule has 2 rings (SSSR count). The second-order valence-corrected chi connectivity index (χ2v) is 5.42. The van der Waals surface area contributed by atoms with Crippen molar-refractivity contribution >= 4 is 0 Å². The van der Waals surface area contributed by atoms with E-state index in [4.69, 9.17) is 9.84 Å². The number of hydrogen-bond acceptors (Lipinski definition) is 3. The van der Waals surface area contributed by atoms with Crippen molar-refractivity contribution in [2.45, 2.75) is 32.7 Å². The monoisotopic (exact) mass is 263 g/mol. The molecule has 1 heterocycles. The molecule has 1 aromatic carbocycles. The third kappa shape index (κ3) is 4.51. The van der Waals surface area contributed by atoms with E-state index in [1.54, 1.807) is 0 Å². The molecule has 3 nitrogen and oxygen atoms in total. The average molecular weight is 263 g/mol. The Morgan fingerprint density at radius 3 is 2.74 bits per heavy atom. The summed E-state index contributed by atoms with van der Waals surface area (Å²) in [4.78, 5) is 2.41. The minimum Gasteiger partial charge on any atom is -0.494 e. The van der Waals surface area contributed by atoms with E-state index >= 15 is 0 Å². The lowest BCUT2D eigenvalue weighted by Crippen LogP contribution is -2.20. The van der Waals surface area contributed by atoms with E-state index in [1.165, 1.54) is 12.0 Å². The molecule has 1 saturated heterocycles. The number of unbranched alkanes of at least 4 members (excludes halogenated alkanes) is 1. The topological polar surface area (TPSA) is 32.7 Å². The predicted octanol–water partition coefficient (Wildman–Crippen LogP) is 2.68. The van der Waals surface area contributed by atoms with Crippen molar-refractivity contribution in [2.75, 3.05) is 26.3 Å². The van der Waals surface area contributed by atoms with Crippen LogP contribution in [0.2, 0.25) is 0 Å². The van der Waals surface area contributed by atoms with Crippen LogP contribution in [-0.4, -0.2) is 36.3 Å². The molecule has 0 amide bonds. The summed E-state index contributed by atoms with van der Waals surface area (Å²) in [6, 6.07) is 8.41. The number of likely N-dealkylation sites (tertiary alicyclic amines) is 1. The van der Waals surface area contributed by atoms with Gasteiger partial charge in [-0.1, -0.05) is 25.5 Å². The summed E-state index contributed by atoms with van der Waals surface area (Å²) in [5.41, 5.74) is 1.32. The number of nitrogens with zero attached hydrogens (tertiary/aromatic N) is 1. The molecule has 3 heteroatoms. The van der Waals surface area contributed by atoms with Crippen LogP contribution < -0.4 is 4.74 Å². The smallest absolute Gasteiger partial charge is 0.119 e. The van der Waals surface area contributed by atoms with E-state index in [2.05, 4.69) is 36.1 Å². The molecular formula is C16H25NO2. The van der Waals surface area contributed by atoms with Gasteiger partial charge in [-0.05, 0) is 43.0 Å². The van der Waals surface area contributed by atoms with Crippen LogP contribution in [0.3, 0.4) is 0 Å². The molecule has 0 saturated carbocycles. The third-order valence-electron chi connectivity index (χ3n) is 3.72. The Hall–Kier alpha value is -1.06. The van der Waals surface area contributed by atoms with Crippen LogP contribution >= 0.6 is 0 Å². The van der Waals surface area contributed by atoms with Crippen molar-refractivity contribution in [3.63, 3.8) is 0 Å². The summed E-state index contributed by atoms with van der Waals surface area (Å²) in [6.45, 7) is 6.39. The second-order valence-electron chi connectivity index (χ2n) is 5.42. The molecule has 1 aliphatic rings. The van der Waals surface area contributed by atoms with Gasteiger partial charge in [0.15, 0.2) is 0 Å². The summed E-state index contributed by atoms with van der Waals surface area (Å²) >= 11 is 0. The first-order valence-electron chi connectivity index (χ1n) is 7.36. The first-order valence-corrected chi connectivity index (χ1v) is 7.36. The van der Waals surface area contributed by atoms with E-state index in [0.717, 1.165) is 44.8 Å². The van der Waals surface area contributed by atoms with Crippen molar-refractivity contribution in [1.82, 2.24) is 4.90 Å². The summed E-state index contributed by atoms with van der Waals surface area (Å²) in [5.74, 6) is 1.43. The van der Waals surface area contributed by atoms with Gasteiger partial charge in [0.05, 0.1) is 6.61 Å². The fourth-order valence-corrected chi connectivity index (χ4v) is 2.49. The molecular weight excluding hydrogens is 238 g/mol. The molecule has 106 valence electrons. The number of aliphatic hydroxyl groups is 1. The maximum absolute atomic E-state index is 9.15. The summed E-state index contributed by atoms with van der Waals surface area (Å²) in [6.07, 6.45) is 3.39. The number of ether oxygens (including phenoxy) is 1. The van der Waals surface area contributed by atoms with E-state index in [0.29, 0.717) is 12.5 Å². The van der Waals surface area contributed by atoms with Crippen molar-refractivity contribution in [3.8, 4) is 5.75 Å². The zero-order valence-corrected chi connectivity index (χ0v) is 11.8. The van der Waals surface area contributed by atoms with Crippen LogP contribution in [0.15, 0.2) is 24.3 Å². The molecule has 0 aromatic heterocycles. The van der Waals surface area contributed by atoms with Gasteiger partial charge in [-0.15, -0.1) is 0 Å². The number of benzene rings is 1. The van der Waals surface area contributed by atoms with Gasteiger partial charge in [0.1, 0.15) is 5.75 Å². The van der Waals surface area contributed by atoms with Crippen molar-refractivity contribution in [3.05, 3.63) is 29.8 Å². The highest BCUT2D eigenvalue weighted by Crippen LogP contribution is 2.19. The van der Waals surface area contributed by atoms with E-state index in [-0.39, 0.29) is 0 Å². The maximum atomic E-state index is 9.15. The Kier molecular flexibility index (Phi) is 5.67. The molecule has 0 bridgehead atoms. The zero-order chi connectivity index (χ0) is 13.5. The number of rotatable bonds is 7. The fraction of sp³-hybridized carbons (Fsp3) is 0.625. The third-order valence-corrected chi connectivity index (χ3v) is 3.72. The quantitative estimate of drug-likeness (QED) is 0.768. The highest BCUT2D eigenvalue weighted by Gasteiger charge is 2.21. The summed E-state index contributed by atoms with van der Waals surface area (Å²) < 4.78 is 5.66. The average Bonchev–Trinajstić information content (AvgIpc) is 2.89. The molecule has 1 unspecified atom stereocenters. The lowest BCUT2D eigenvalue weighted by molar-refractivity contribution is 0.220. The number of aliphatic hydroxyl groups excluding tert-OH is 1. The van der Waals surface area contributed by atoms with Crippen LogP contribution in [0.5, 0.6) is 5.75 Å². The normalized spacial score (nSPS) is 19.8. The molecule has 0 radical (unpaired) electrons. The van der Waals surface area contributed by atoms with Crippen LogP contribution in [0, 0.1) is 5.92 Å². The van der Waals surface area contributed by atoms with Gasteiger partial charge in [0, 0.05) is 19.7 Å². The number of hydrogen-bond donors (Lipinski definition) is 1. The Morgan fingerprint density at radius 1 is 1.32 bits per heavy atom. The highest BCUT2D eigenvalue weighted by atomic mass is 16.5. The van der Waals surface area contributed by atoms with Gasteiger partial charge in [0.25, 0.3) is 0 Å². The minimum absolute atomic E-state index is 0.320. The zero-order valence-electron chi connectivity index (χ0n) is 11.8. The first-order chi connectivity index (χ1) is 9.31. The molecule has 19 heavy (non-hydrogen) atoms. The fourth-order valence-electron chi connectivity index (χ4n) is 2.49. The largest absolute Gasteiger partial charge is 0.494 e. The maximum Gasteiger partial charge on any atom is 0.119 e. The molecule has 1 aromatic rings. The molecule has 1 fully saturated rings. The van der Waals surface area contributed by atoms with Gasteiger partial charge in [-0.2, -0.15) is 0 Å². The first kappa shape index (κ1) is 14.4. The second kappa shape index (κ2) is 7.51.